The maximum atomic E-state index is 15.4. The fourth-order valence-corrected chi connectivity index (χ4v) is 10.4. The first-order valence-electron chi connectivity index (χ1n) is 25.7. The van der Waals surface area contributed by atoms with Crippen molar-refractivity contribution in [1.29, 1.82) is 0 Å². The van der Waals surface area contributed by atoms with E-state index >= 15 is 4.79 Å². The number of aromatic nitrogens is 2. The van der Waals surface area contributed by atoms with Gasteiger partial charge in [-0.05, 0) is 101 Å². The molecule has 2 aliphatic rings. The van der Waals surface area contributed by atoms with Crippen molar-refractivity contribution in [2.45, 2.75) is 155 Å². The number of ketones is 1. The molecule has 6 amide bonds. The van der Waals surface area contributed by atoms with Crippen LogP contribution < -0.4 is 16.0 Å². The summed E-state index contributed by atoms with van der Waals surface area (Å²) in [7, 11) is 3.01. The minimum Gasteiger partial charge on any atom is -0.443 e. The molecule has 0 radical (unpaired) electrons. The number of nitrogens with zero attached hydrogens (tertiary/aromatic N) is 5. The Morgan fingerprint density at radius 1 is 0.824 bits per heavy atom. The summed E-state index contributed by atoms with van der Waals surface area (Å²) in [5, 5.41) is 20.8. The molecule has 74 heavy (non-hydrogen) atoms. The number of allylic oxidation sites excluding steroid dienone is 1. The zero-order valence-electron chi connectivity index (χ0n) is 44.7. The minimum absolute atomic E-state index is 0.0135. The molecular weight excluding hydrogens is 964 g/mol. The van der Waals surface area contributed by atoms with Gasteiger partial charge in [0, 0.05) is 56.2 Å². The molecule has 4 aromatic rings. The van der Waals surface area contributed by atoms with Crippen LogP contribution in [0.3, 0.4) is 0 Å². The predicted molar refractivity (Wildman–Crippen MR) is 284 cm³/mol. The lowest BCUT2D eigenvalue weighted by atomic mass is 9.92. The van der Waals surface area contributed by atoms with Crippen LogP contribution in [0.2, 0.25) is 0 Å². The standard InChI is InChI=1S/C56H75ClN8O9/c1-12-13-17-39-50(68)61-42(27-37-30-65(56(8,9)49(67)28-57)43-18-15-14-16-38(37)43)54(72)62(10)44(21-32(2)3)51(69)60-40(25-36-19-20-48-41(26-36)58-31-74-48)47(66)24-35(7)53(71)63(11)46-23-34(6)29-64(55(46)73)45(22-33(4)5)52(70)59-39/h12-16,18-20,26,29-33,35,39-40,42,44-46,49,67H,17,21-25,27-28H2,1-11H3,(H,59,70)(H,60,69)(H,61,68)/b13-12+/t35-,39+,40+,42+,44+,45+,46+,49-/m1/s1. The molecule has 17 nitrogen and oxygen atoms in total. The SMILES string of the molecule is C/C=C/C[C@@H]1NC(=O)[C@H](CC(C)C)N2C=C(C)C[C@@H](C2=O)N(C)C(=O)[C@H](C)CC(=O)[C@H](Cc2ccc3ocnc3c2)NC(=O)[C@H](CC(C)C)N(C)C(=O)[C@H](Cc2cn(C(C)(C)[C@H](O)CCl)c3ccccc23)NC1=O. The number of nitrogens with one attached hydrogen (secondary N) is 3. The Labute approximate surface area is 439 Å². The number of fused-ring (bicyclic) bond motifs is 4. The predicted octanol–water partition coefficient (Wildman–Crippen LogP) is 6.18. The van der Waals surface area contributed by atoms with E-state index < -0.39 is 95.0 Å². The highest BCUT2D eigenvalue weighted by molar-refractivity contribution is 6.18. The van der Waals surface area contributed by atoms with Gasteiger partial charge in [-0.25, -0.2) is 4.98 Å². The number of rotatable bonds is 13. The number of halogens is 1. The number of alkyl halides is 1. The van der Waals surface area contributed by atoms with Gasteiger partial charge in [0.2, 0.25) is 35.4 Å². The van der Waals surface area contributed by atoms with Crippen molar-refractivity contribution >= 4 is 74.8 Å². The van der Waals surface area contributed by atoms with Gasteiger partial charge in [-0.2, -0.15) is 0 Å². The van der Waals surface area contributed by atoms with Crippen molar-refractivity contribution in [3.8, 4) is 0 Å². The number of amides is 6. The van der Waals surface area contributed by atoms with E-state index in [1.54, 1.807) is 50.4 Å². The fraction of sp³-hybridized carbons (Fsp3) is 0.536. The van der Waals surface area contributed by atoms with Crippen molar-refractivity contribution in [2.24, 2.45) is 17.8 Å². The third kappa shape index (κ3) is 12.9. The monoisotopic (exact) mass is 1040 g/mol. The van der Waals surface area contributed by atoms with Crippen LogP contribution in [0.15, 0.2) is 83.4 Å². The number of benzene rings is 2. The lowest BCUT2D eigenvalue weighted by molar-refractivity contribution is -0.149. The molecule has 400 valence electrons. The molecule has 0 aliphatic carbocycles. The molecule has 2 bridgehead atoms. The summed E-state index contributed by atoms with van der Waals surface area (Å²) in [4.78, 5) is 112. The number of Topliss-reactive ketones (excluding diaryl/α,β-unsaturated/α-hetero) is 1. The summed E-state index contributed by atoms with van der Waals surface area (Å²) >= 11 is 6.21. The lowest BCUT2D eigenvalue weighted by Gasteiger charge is -2.39. The van der Waals surface area contributed by atoms with Crippen LogP contribution in [0.1, 0.15) is 106 Å². The summed E-state index contributed by atoms with van der Waals surface area (Å²) in [6.45, 7) is 16.6. The molecule has 1 saturated heterocycles. The van der Waals surface area contributed by atoms with Gasteiger partial charge in [-0.3, -0.25) is 33.6 Å². The number of oxazole rings is 1. The normalized spacial score (nSPS) is 24.2. The van der Waals surface area contributed by atoms with Crippen molar-refractivity contribution in [3.63, 3.8) is 0 Å². The van der Waals surface area contributed by atoms with Gasteiger partial charge in [0.25, 0.3) is 0 Å². The Balaban J connectivity index is 1.50. The first kappa shape index (κ1) is 57.0. The molecule has 8 atom stereocenters. The van der Waals surface area contributed by atoms with Crippen LogP contribution >= 0.6 is 11.6 Å². The number of carbonyl (C=O) groups is 7. The Morgan fingerprint density at radius 2 is 1.47 bits per heavy atom. The van der Waals surface area contributed by atoms with Gasteiger partial charge in [0.1, 0.15) is 35.7 Å². The highest BCUT2D eigenvalue weighted by Gasteiger charge is 2.43. The van der Waals surface area contributed by atoms with Gasteiger partial charge >= 0.3 is 0 Å². The third-order valence-electron chi connectivity index (χ3n) is 14.5. The average molecular weight is 1040 g/mol. The Hall–Kier alpha value is -6.33. The van der Waals surface area contributed by atoms with E-state index in [1.807, 2.05) is 83.5 Å². The summed E-state index contributed by atoms with van der Waals surface area (Å²) in [5.41, 5.74) is 2.95. The molecule has 18 heteroatoms. The van der Waals surface area contributed by atoms with Gasteiger partial charge in [0.05, 0.1) is 23.6 Å². The van der Waals surface area contributed by atoms with E-state index in [9.17, 15) is 33.9 Å². The first-order valence-corrected chi connectivity index (χ1v) is 26.2. The Morgan fingerprint density at radius 3 is 2.15 bits per heavy atom. The molecule has 6 rings (SSSR count). The molecule has 0 unspecified atom stereocenters. The summed E-state index contributed by atoms with van der Waals surface area (Å²) in [6.07, 6.45) is 7.51. The molecular formula is C56H75ClN8O9. The number of likely N-dealkylation sites (N-methyl/N-ethyl adjacent to an activating group) is 2. The zero-order valence-corrected chi connectivity index (χ0v) is 45.4. The minimum atomic E-state index is -1.33. The second-order valence-corrected chi connectivity index (χ2v) is 21.9. The number of hydrogen-bond donors (Lipinski definition) is 4. The molecule has 2 aromatic carbocycles. The Kier molecular flexibility index (Phi) is 18.7. The average Bonchev–Trinajstić information content (AvgIpc) is 3.99. The third-order valence-corrected chi connectivity index (χ3v) is 14.8. The zero-order chi connectivity index (χ0) is 54.3. The second kappa shape index (κ2) is 24.3. The van der Waals surface area contributed by atoms with Crippen LogP contribution in [0.4, 0.5) is 0 Å². The van der Waals surface area contributed by atoms with Crippen LogP contribution in [-0.2, 0) is 51.9 Å². The molecule has 1 fully saturated rings. The van der Waals surface area contributed by atoms with E-state index in [-0.39, 0.29) is 62.7 Å². The van der Waals surface area contributed by atoms with E-state index in [1.165, 1.54) is 35.2 Å². The summed E-state index contributed by atoms with van der Waals surface area (Å²) in [5.74, 6) is -5.17. The smallest absolute Gasteiger partial charge is 0.250 e. The van der Waals surface area contributed by atoms with Crippen molar-refractivity contribution in [2.75, 3.05) is 20.0 Å². The highest BCUT2D eigenvalue weighted by Crippen LogP contribution is 2.32. The van der Waals surface area contributed by atoms with E-state index in [2.05, 4.69) is 20.9 Å². The van der Waals surface area contributed by atoms with Crippen molar-refractivity contribution in [3.05, 3.63) is 90.1 Å². The van der Waals surface area contributed by atoms with Gasteiger partial charge in [0.15, 0.2) is 17.8 Å². The largest absolute Gasteiger partial charge is 0.443 e. The fourth-order valence-electron chi connectivity index (χ4n) is 10.1. The van der Waals surface area contributed by atoms with Crippen LogP contribution in [-0.4, -0.2) is 133 Å². The van der Waals surface area contributed by atoms with Crippen LogP contribution in [0, 0.1) is 17.8 Å². The maximum Gasteiger partial charge on any atom is 0.250 e. The quantitative estimate of drug-likeness (QED) is 0.0881. The van der Waals surface area contributed by atoms with Crippen LogP contribution in [0.5, 0.6) is 0 Å². The summed E-state index contributed by atoms with van der Waals surface area (Å²) in [6, 6.07) is 5.75. The second-order valence-electron chi connectivity index (χ2n) is 21.6. The van der Waals surface area contributed by atoms with Gasteiger partial charge in [-0.15, -0.1) is 11.6 Å². The Bertz CT molecular complexity index is 2780. The summed E-state index contributed by atoms with van der Waals surface area (Å²) < 4.78 is 7.36. The molecule has 0 saturated carbocycles. The number of hydrogen-bond acceptors (Lipinski definition) is 10. The maximum absolute atomic E-state index is 15.4. The van der Waals surface area contributed by atoms with Gasteiger partial charge in [-0.1, -0.05) is 76.6 Å². The van der Waals surface area contributed by atoms with Crippen molar-refractivity contribution < 1.29 is 43.1 Å². The molecule has 0 spiro atoms. The van der Waals surface area contributed by atoms with Crippen LogP contribution in [0.25, 0.3) is 22.0 Å². The highest BCUT2D eigenvalue weighted by atomic mass is 35.5. The number of para-hydroxylation sites is 1. The number of carbonyl (C=O) groups excluding carboxylic acids is 7. The first-order chi connectivity index (χ1) is 35.0. The van der Waals surface area contributed by atoms with Crippen molar-refractivity contribution in [1.82, 2.24) is 40.2 Å². The van der Waals surface area contributed by atoms with E-state index in [4.69, 9.17) is 16.0 Å². The van der Waals surface area contributed by atoms with E-state index in [0.717, 1.165) is 16.5 Å². The number of aliphatic hydroxyl groups excluding tert-OH is 1. The topological polar surface area (TPSA) is 216 Å². The van der Waals surface area contributed by atoms with Gasteiger partial charge < -0.3 is 44.7 Å². The molecule has 4 N–H and O–H groups in total. The lowest BCUT2D eigenvalue weighted by Crippen LogP contribution is -2.60. The van der Waals surface area contributed by atoms with E-state index in [0.29, 0.717) is 22.2 Å². The molecule has 2 aliphatic heterocycles. The number of aliphatic hydroxyl groups is 1. The molecule has 2 aromatic heterocycles. The molecule has 4 heterocycles.